The number of nitrogen functional groups attached to an aromatic ring is 1. The molecule has 0 aliphatic rings. The summed E-state index contributed by atoms with van der Waals surface area (Å²) in [5.41, 5.74) is 5.96. The number of halogens is 1. The van der Waals surface area contributed by atoms with Crippen LogP contribution in [0.5, 0.6) is 0 Å². The average molecular weight is 296 g/mol. The quantitative estimate of drug-likeness (QED) is 0.789. The van der Waals surface area contributed by atoms with Crippen LogP contribution in [-0.4, -0.2) is 20.9 Å². The highest BCUT2D eigenvalue weighted by Crippen LogP contribution is 2.15. The van der Waals surface area contributed by atoms with Crippen molar-refractivity contribution in [2.45, 2.75) is 6.54 Å². The SMILES string of the molecule is Nc1ncc(Br)cc1C(=O)NCc1ncc[nH]1. The first-order chi connectivity index (χ1) is 8.16. The Morgan fingerprint density at radius 2 is 2.35 bits per heavy atom. The summed E-state index contributed by atoms with van der Waals surface area (Å²) in [6, 6.07) is 1.62. The highest BCUT2D eigenvalue weighted by Gasteiger charge is 2.11. The van der Waals surface area contributed by atoms with Gasteiger partial charge in [-0.15, -0.1) is 0 Å². The van der Waals surface area contributed by atoms with Gasteiger partial charge in [0, 0.05) is 23.1 Å². The third-order valence-corrected chi connectivity index (χ3v) is 2.53. The highest BCUT2D eigenvalue weighted by molar-refractivity contribution is 9.10. The number of carbonyl (C=O) groups is 1. The number of rotatable bonds is 3. The van der Waals surface area contributed by atoms with E-state index in [-0.39, 0.29) is 11.7 Å². The number of nitrogens with two attached hydrogens (primary N) is 1. The standard InChI is InChI=1S/C10H10BrN5O/c11-6-3-7(9(12)15-4-6)10(17)16-5-8-13-1-2-14-8/h1-4H,5H2,(H2,12,15)(H,13,14)(H,16,17). The molecule has 2 aromatic rings. The number of carbonyl (C=O) groups excluding carboxylic acids is 1. The Morgan fingerprint density at radius 1 is 1.53 bits per heavy atom. The van der Waals surface area contributed by atoms with Crippen LogP contribution in [0.3, 0.4) is 0 Å². The molecule has 0 aliphatic carbocycles. The van der Waals surface area contributed by atoms with Gasteiger partial charge in [-0.05, 0) is 22.0 Å². The van der Waals surface area contributed by atoms with Gasteiger partial charge in [-0.1, -0.05) is 0 Å². The molecule has 0 spiro atoms. The van der Waals surface area contributed by atoms with Crippen LogP contribution in [0.2, 0.25) is 0 Å². The normalized spacial score (nSPS) is 10.2. The van der Waals surface area contributed by atoms with E-state index in [1.807, 2.05) is 0 Å². The van der Waals surface area contributed by atoms with E-state index in [0.717, 1.165) is 0 Å². The number of H-pyrrole nitrogens is 1. The third-order valence-electron chi connectivity index (χ3n) is 2.10. The number of anilines is 1. The molecule has 1 amide bonds. The predicted octanol–water partition coefficient (Wildman–Crippen LogP) is 1.08. The van der Waals surface area contributed by atoms with Gasteiger partial charge in [0.2, 0.25) is 0 Å². The number of pyridine rings is 1. The van der Waals surface area contributed by atoms with Gasteiger partial charge in [-0.25, -0.2) is 9.97 Å². The van der Waals surface area contributed by atoms with Crippen LogP contribution in [0.1, 0.15) is 16.2 Å². The zero-order chi connectivity index (χ0) is 12.3. The van der Waals surface area contributed by atoms with Crippen LogP contribution in [0.4, 0.5) is 5.82 Å². The summed E-state index contributed by atoms with van der Waals surface area (Å²) in [6.45, 7) is 0.317. The van der Waals surface area contributed by atoms with Crippen LogP contribution in [0, 0.1) is 0 Å². The molecule has 0 fully saturated rings. The fraction of sp³-hybridized carbons (Fsp3) is 0.100. The molecule has 6 nitrogen and oxygen atoms in total. The van der Waals surface area contributed by atoms with Crippen LogP contribution in [0.15, 0.2) is 29.1 Å². The second-order valence-corrected chi connectivity index (χ2v) is 4.22. The van der Waals surface area contributed by atoms with Gasteiger partial charge < -0.3 is 16.0 Å². The molecule has 0 saturated heterocycles. The van der Waals surface area contributed by atoms with Crippen LogP contribution in [0.25, 0.3) is 0 Å². The number of nitrogens with zero attached hydrogens (tertiary/aromatic N) is 2. The van der Waals surface area contributed by atoms with E-state index < -0.39 is 0 Å². The van der Waals surface area contributed by atoms with Gasteiger partial charge in [0.25, 0.3) is 5.91 Å². The Labute approximate surface area is 106 Å². The topological polar surface area (TPSA) is 96.7 Å². The number of aromatic nitrogens is 3. The Bertz CT molecular complexity index is 525. The lowest BCUT2D eigenvalue weighted by molar-refractivity contribution is 0.0950. The van der Waals surface area contributed by atoms with Crippen molar-refractivity contribution < 1.29 is 4.79 Å². The summed E-state index contributed by atoms with van der Waals surface area (Å²) in [7, 11) is 0. The molecule has 4 N–H and O–H groups in total. The maximum atomic E-state index is 11.8. The Hall–Kier alpha value is -1.89. The summed E-state index contributed by atoms with van der Waals surface area (Å²) >= 11 is 3.24. The zero-order valence-corrected chi connectivity index (χ0v) is 10.4. The summed E-state index contributed by atoms with van der Waals surface area (Å²) in [5, 5.41) is 2.70. The minimum Gasteiger partial charge on any atom is -0.383 e. The van der Waals surface area contributed by atoms with E-state index in [0.29, 0.717) is 22.4 Å². The number of aromatic amines is 1. The van der Waals surface area contributed by atoms with Crippen molar-refractivity contribution in [2.24, 2.45) is 0 Å². The Kier molecular flexibility index (Phi) is 3.38. The fourth-order valence-electron chi connectivity index (χ4n) is 1.29. The lowest BCUT2D eigenvalue weighted by Gasteiger charge is -2.05. The first-order valence-electron chi connectivity index (χ1n) is 4.84. The second kappa shape index (κ2) is 4.96. The molecular weight excluding hydrogens is 286 g/mol. The number of imidazole rings is 1. The minimum absolute atomic E-state index is 0.199. The minimum atomic E-state index is -0.285. The Morgan fingerprint density at radius 3 is 3.06 bits per heavy atom. The lowest BCUT2D eigenvalue weighted by Crippen LogP contribution is -2.24. The monoisotopic (exact) mass is 295 g/mol. The smallest absolute Gasteiger partial charge is 0.255 e. The van der Waals surface area contributed by atoms with Gasteiger partial charge in [0.1, 0.15) is 11.6 Å². The first kappa shape index (κ1) is 11.6. The van der Waals surface area contributed by atoms with Crippen LogP contribution < -0.4 is 11.1 Å². The van der Waals surface area contributed by atoms with Crippen molar-refractivity contribution in [3.8, 4) is 0 Å². The van der Waals surface area contributed by atoms with E-state index >= 15 is 0 Å². The predicted molar refractivity (Wildman–Crippen MR) is 66.1 cm³/mol. The fourth-order valence-corrected chi connectivity index (χ4v) is 1.62. The van der Waals surface area contributed by atoms with Crippen molar-refractivity contribution in [3.05, 3.63) is 40.5 Å². The summed E-state index contributed by atoms with van der Waals surface area (Å²) in [5.74, 6) is 0.595. The van der Waals surface area contributed by atoms with Crippen molar-refractivity contribution in [3.63, 3.8) is 0 Å². The number of amides is 1. The van der Waals surface area contributed by atoms with Crippen molar-refractivity contribution in [2.75, 3.05) is 5.73 Å². The molecule has 0 aliphatic heterocycles. The van der Waals surface area contributed by atoms with Crippen molar-refractivity contribution >= 4 is 27.7 Å². The maximum Gasteiger partial charge on any atom is 0.255 e. The zero-order valence-electron chi connectivity index (χ0n) is 8.77. The largest absolute Gasteiger partial charge is 0.383 e. The molecule has 0 radical (unpaired) electrons. The molecular formula is C10H10BrN5O. The molecule has 2 heterocycles. The second-order valence-electron chi connectivity index (χ2n) is 3.30. The highest BCUT2D eigenvalue weighted by atomic mass is 79.9. The van der Waals surface area contributed by atoms with E-state index in [1.165, 1.54) is 0 Å². The summed E-state index contributed by atoms with van der Waals surface area (Å²) < 4.78 is 0.704. The molecule has 7 heteroatoms. The number of hydrogen-bond donors (Lipinski definition) is 3. The van der Waals surface area contributed by atoms with Gasteiger partial charge in [0.05, 0.1) is 12.1 Å². The van der Waals surface area contributed by atoms with E-state index in [1.54, 1.807) is 24.7 Å². The maximum absolute atomic E-state index is 11.8. The molecule has 17 heavy (non-hydrogen) atoms. The van der Waals surface area contributed by atoms with Gasteiger partial charge in [-0.2, -0.15) is 0 Å². The van der Waals surface area contributed by atoms with Crippen LogP contribution in [-0.2, 0) is 6.54 Å². The Balaban J connectivity index is 2.07. The number of hydrogen-bond acceptors (Lipinski definition) is 4. The van der Waals surface area contributed by atoms with Crippen LogP contribution >= 0.6 is 15.9 Å². The first-order valence-corrected chi connectivity index (χ1v) is 5.63. The van der Waals surface area contributed by atoms with Gasteiger partial charge >= 0.3 is 0 Å². The summed E-state index contributed by atoms with van der Waals surface area (Å²) in [6.07, 6.45) is 4.85. The average Bonchev–Trinajstić information content (AvgIpc) is 2.82. The van der Waals surface area contributed by atoms with Gasteiger partial charge in [-0.3, -0.25) is 4.79 Å². The molecule has 0 unspecified atom stereocenters. The van der Waals surface area contributed by atoms with E-state index in [9.17, 15) is 4.79 Å². The molecule has 0 bridgehead atoms. The third kappa shape index (κ3) is 2.82. The molecule has 0 aromatic carbocycles. The summed E-state index contributed by atoms with van der Waals surface area (Å²) in [4.78, 5) is 22.6. The van der Waals surface area contributed by atoms with Crippen molar-refractivity contribution in [1.29, 1.82) is 0 Å². The van der Waals surface area contributed by atoms with Crippen molar-refractivity contribution in [1.82, 2.24) is 20.3 Å². The molecule has 2 aromatic heterocycles. The molecule has 0 saturated carbocycles. The lowest BCUT2D eigenvalue weighted by atomic mass is 10.2. The number of nitrogens with one attached hydrogen (secondary N) is 2. The molecule has 0 atom stereocenters. The molecule has 88 valence electrons. The van der Waals surface area contributed by atoms with E-state index in [4.69, 9.17) is 5.73 Å². The molecule has 2 rings (SSSR count). The van der Waals surface area contributed by atoms with E-state index in [2.05, 4.69) is 36.2 Å². The van der Waals surface area contributed by atoms with Gasteiger partial charge in [0.15, 0.2) is 0 Å².